The number of hydrogen-bond donors (Lipinski definition) is 0. The molecule has 1 unspecified atom stereocenters. The van der Waals surface area contributed by atoms with Crippen LogP contribution in [0.25, 0.3) is 11.3 Å². The van der Waals surface area contributed by atoms with Crippen molar-refractivity contribution in [2.75, 3.05) is 13.1 Å². The van der Waals surface area contributed by atoms with Gasteiger partial charge in [-0.2, -0.15) is 18.3 Å². The Morgan fingerprint density at radius 3 is 2.68 bits per heavy atom. The van der Waals surface area contributed by atoms with Gasteiger partial charge in [-0.15, -0.1) is 0 Å². The van der Waals surface area contributed by atoms with E-state index >= 15 is 0 Å². The molecule has 4 nitrogen and oxygen atoms in total. The van der Waals surface area contributed by atoms with Gasteiger partial charge in [0.1, 0.15) is 0 Å². The van der Waals surface area contributed by atoms with Crippen LogP contribution >= 0.6 is 15.9 Å². The van der Waals surface area contributed by atoms with Crippen molar-refractivity contribution in [1.82, 2.24) is 14.7 Å². The number of benzene rings is 1. The summed E-state index contributed by atoms with van der Waals surface area (Å²) in [6, 6.07) is 5.86. The number of nitrogens with zero attached hydrogens (tertiary/aromatic N) is 3. The summed E-state index contributed by atoms with van der Waals surface area (Å²) in [6.45, 7) is 1.98. The van der Waals surface area contributed by atoms with Crippen LogP contribution in [0.1, 0.15) is 24.0 Å². The fourth-order valence-electron chi connectivity index (χ4n) is 3.33. The van der Waals surface area contributed by atoms with Crippen molar-refractivity contribution in [3.05, 3.63) is 40.0 Å². The minimum atomic E-state index is -4.83. The summed E-state index contributed by atoms with van der Waals surface area (Å²) in [6.07, 6.45) is -2.74. The molecule has 0 aliphatic carbocycles. The number of amides is 1. The molecule has 2 heterocycles. The summed E-state index contributed by atoms with van der Waals surface area (Å²) >= 11 is 3.47. The number of aryl methyl sites for hydroxylation is 1. The van der Waals surface area contributed by atoms with E-state index < -0.39 is 12.1 Å². The van der Waals surface area contributed by atoms with Crippen molar-refractivity contribution in [2.45, 2.75) is 25.4 Å². The maximum Gasteiger partial charge on any atom is 0.471 e. The first kappa shape index (κ1) is 18.0. The van der Waals surface area contributed by atoms with Gasteiger partial charge in [0.15, 0.2) is 0 Å². The zero-order chi connectivity index (χ0) is 18.4. The van der Waals surface area contributed by atoms with Gasteiger partial charge in [-0.05, 0) is 45.5 Å². The predicted molar refractivity (Wildman–Crippen MR) is 91.1 cm³/mol. The van der Waals surface area contributed by atoms with Crippen LogP contribution in [0, 0.1) is 0 Å². The van der Waals surface area contributed by atoms with Crippen molar-refractivity contribution in [1.29, 1.82) is 0 Å². The van der Waals surface area contributed by atoms with Gasteiger partial charge in [0, 0.05) is 25.7 Å². The highest BCUT2D eigenvalue weighted by Crippen LogP contribution is 2.33. The van der Waals surface area contributed by atoms with Crippen LogP contribution in [0.4, 0.5) is 13.2 Å². The van der Waals surface area contributed by atoms with Crippen LogP contribution < -0.4 is 0 Å². The van der Waals surface area contributed by atoms with E-state index in [1.54, 1.807) is 10.9 Å². The Morgan fingerprint density at radius 2 is 2.08 bits per heavy atom. The molecule has 0 spiro atoms. The van der Waals surface area contributed by atoms with Gasteiger partial charge < -0.3 is 4.90 Å². The first-order valence-electron chi connectivity index (χ1n) is 7.85. The lowest BCUT2D eigenvalue weighted by Crippen LogP contribution is -2.42. The second-order valence-electron chi connectivity index (χ2n) is 6.28. The molecule has 0 saturated heterocycles. The molecule has 0 saturated carbocycles. The Hall–Kier alpha value is -1.83. The highest BCUT2D eigenvalue weighted by atomic mass is 79.9. The van der Waals surface area contributed by atoms with E-state index in [-0.39, 0.29) is 19.0 Å². The molecule has 134 valence electrons. The summed E-state index contributed by atoms with van der Waals surface area (Å²) in [7, 11) is 1.83. The molecule has 3 rings (SSSR count). The molecule has 2 aromatic rings. The van der Waals surface area contributed by atoms with Gasteiger partial charge in [-0.25, -0.2) is 0 Å². The lowest BCUT2D eigenvalue weighted by molar-refractivity contribution is -0.185. The fraction of sp³-hybridized carbons (Fsp3) is 0.412. The van der Waals surface area contributed by atoms with Gasteiger partial charge >= 0.3 is 12.1 Å². The zero-order valence-corrected chi connectivity index (χ0v) is 15.4. The van der Waals surface area contributed by atoms with Crippen molar-refractivity contribution < 1.29 is 18.0 Å². The largest absolute Gasteiger partial charge is 0.471 e. The number of carbonyl (C=O) groups excluding carboxylic acids is 1. The van der Waals surface area contributed by atoms with E-state index in [2.05, 4.69) is 21.0 Å². The molecule has 1 aliphatic heterocycles. The maximum atomic E-state index is 12.8. The standard InChI is InChI=1S/C17H17BrF3N3O/c1-10-9-24(16(25)17(19,20)21)6-5-11-7-12(3-4-13(10)11)15-14(18)8-22-23(15)2/h3-4,7-8,10H,5-6,9H2,1-2H3. The Bertz CT molecular complexity index is 796. The molecule has 1 aliphatic rings. The van der Waals surface area contributed by atoms with Crippen molar-refractivity contribution in [3.63, 3.8) is 0 Å². The molecule has 0 N–H and O–H groups in total. The molecular weight excluding hydrogens is 399 g/mol. The zero-order valence-electron chi connectivity index (χ0n) is 13.8. The minimum absolute atomic E-state index is 0.0612. The lowest BCUT2D eigenvalue weighted by atomic mass is 9.93. The number of rotatable bonds is 1. The molecule has 0 bridgehead atoms. The molecule has 0 radical (unpaired) electrons. The van der Waals surface area contributed by atoms with E-state index in [4.69, 9.17) is 0 Å². The molecule has 1 atom stereocenters. The summed E-state index contributed by atoms with van der Waals surface area (Å²) < 4.78 is 40.9. The SMILES string of the molecule is CC1CN(C(=O)C(F)(F)F)CCc2cc(-c3c(Br)cnn3C)ccc21. The van der Waals surface area contributed by atoms with E-state index in [1.165, 1.54) is 0 Å². The Labute approximate surface area is 151 Å². The number of aromatic nitrogens is 2. The van der Waals surface area contributed by atoms with Crippen LogP contribution in [0.5, 0.6) is 0 Å². The number of carbonyl (C=O) groups is 1. The van der Waals surface area contributed by atoms with Crippen LogP contribution in [0.3, 0.4) is 0 Å². The summed E-state index contributed by atoms with van der Waals surface area (Å²) in [4.78, 5) is 12.5. The fourth-order valence-corrected chi connectivity index (χ4v) is 3.90. The predicted octanol–water partition coefficient (Wildman–Crippen LogP) is 3.90. The van der Waals surface area contributed by atoms with Gasteiger partial charge in [0.05, 0.1) is 16.4 Å². The second-order valence-corrected chi connectivity index (χ2v) is 7.13. The monoisotopic (exact) mass is 415 g/mol. The molecule has 0 fully saturated rings. The Kier molecular flexibility index (Phi) is 4.66. The van der Waals surface area contributed by atoms with E-state index in [0.717, 1.165) is 31.8 Å². The molecule has 1 aromatic heterocycles. The summed E-state index contributed by atoms with van der Waals surface area (Å²) in [5, 5.41) is 4.19. The Balaban J connectivity index is 1.93. The minimum Gasteiger partial charge on any atom is -0.334 e. The molecule has 1 amide bonds. The topological polar surface area (TPSA) is 38.1 Å². The first-order valence-corrected chi connectivity index (χ1v) is 8.64. The summed E-state index contributed by atoms with van der Waals surface area (Å²) in [5.74, 6) is -1.92. The van der Waals surface area contributed by atoms with Crippen LogP contribution in [-0.2, 0) is 18.3 Å². The average molecular weight is 416 g/mol. The molecule has 8 heteroatoms. The van der Waals surface area contributed by atoms with Crippen molar-refractivity contribution in [3.8, 4) is 11.3 Å². The second kappa shape index (κ2) is 6.48. The van der Waals surface area contributed by atoms with Gasteiger partial charge in [0.25, 0.3) is 0 Å². The number of alkyl halides is 3. The number of halogens is 4. The highest BCUT2D eigenvalue weighted by Gasteiger charge is 2.43. The maximum absolute atomic E-state index is 12.8. The summed E-state index contributed by atoms with van der Waals surface area (Å²) in [5.41, 5.74) is 3.80. The highest BCUT2D eigenvalue weighted by molar-refractivity contribution is 9.10. The number of fused-ring (bicyclic) bond motifs is 1. The molecular formula is C17H17BrF3N3O. The quantitative estimate of drug-likeness (QED) is 0.708. The van der Waals surface area contributed by atoms with Gasteiger partial charge in [-0.1, -0.05) is 19.1 Å². The van der Waals surface area contributed by atoms with Crippen LogP contribution in [-0.4, -0.2) is 39.9 Å². The smallest absolute Gasteiger partial charge is 0.334 e. The van der Waals surface area contributed by atoms with E-state index in [1.807, 2.05) is 32.2 Å². The van der Waals surface area contributed by atoms with Crippen molar-refractivity contribution >= 4 is 21.8 Å². The molecule has 1 aromatic carbocycles. The van der Waals surface area contributed by atoms with Crippen LogP contribution in [0.15, 0.2) is 28.9 Å². The van der Waals surface area contributed by atoms with E-state index in [0.29, 0.717) is 6.42 Å². The number of hydrogen-bond acceptors (Lipinski definition) is 2. The Morgan fingerprint density at radius 1 is 1.36 bits per heavy atom. The van der Waals surface area contributed by atoms with Gasteiger partial charge in [0.2, 0.25) is 0 Å². The van der Waals surface area contributed by atoms with Crippen LogP contribution in [0.2, 0.25) is 0 Å². The first-order chi connectivity index (χ1) is 11.7. The van der Waals surface area contributed by atoms with E-state index in [9.17, 15) is 18.0 Å². The molecule has 25 heavy (non-hydrogen) atoms. The lowest BCUT2D eigenvalue weighted by Gasteiger charge is -2.23. The normalized spacial score (nSPS) is 18.0. The third-order valence-corrected chi connectivity index (χ3v) is 5.10. The van der Waals surface area contributed by atoms with Crippen molar-refractivity contribution in [2.24, 2.45) is 7.05 Å². The average Bonchev–Trinajstić information content (AvgIpc) is 2.78. The van der Waals surface area contributed by atoms with Gasteiger partial charge in [-0.3, -0.25) is 9.48 Å². The third kappa shape index (κ3) is 3.44. The third-order valence-electron chi connectivity index (χ3n) is 4.52.